The van der Waals surface area contributed by atoms with Gasteiger partial charge in [0.2, 0.25) is 0 Å². The monoisotopic (exact) mass is 267 g/mol. The molecule has 0 saturated carbocycles. The third kappa shape index (κ3) is 2.44. The van der Waals surface area contributed by atoms with E-state index in [0.717, 1.165) is 18.7 Å². The van der Waals surface area contributed by atoms with E-state index in [1.165, 1.54) is 16.7 Å². The molecule has 0 aliphatic carbocycles. The van der Waals surface area contributed by atoms with Crippen molar-refractivity contribution in [1.82, 2.24) is 5.32 Å². The highest BCUT2D eigenvalue weighted by Crippen LogP contribution is 2.41. The van der Waals surface area contributed by atoms with Gasteiger partial charge in [0.25, 0.3) is 0 Å². The maximum absolute atomic E-state index is 6.15. The Hall–Kier alpha value is -1.80. The summed E-state index contributed by atoms with van der Waals surface area (Å²) in [5.41, 5.74) is 3.69. The molecule has 20 heavy (non-hydrogen) atoms. The van der Waals surface area contributed by atoms with Crippen LogP contribution in [0.4, 0.5) is 0 Å². The van der Waals surface area contributed by atoms with Crippen LogP contribution in [0.1, 0.15) is 31.9 Å². The summed E-state index contributed by atoms with van der Waals surface area (Å²) in [6.45, 7) is 5.28. The van der Waals surface area contributed by atoms with Crippen LogP contribution in [0.15, 0.2) is 48.5 Å². The molecule has 2 atom stereocenters. The maximum atomic E-state index is 6.15. The van der Waals surface area contributed by atoms with Gasteiger partial charge >= 0.3 is 0 Å². The van der Waals surface area contributed by atoms with Gasteiger partial charge in [-0.25, -0.2) is 0 Å². The first-order valence-corrected chi connectivity index (χ1v) is 7.38. The highest BCUT2D eigenvalue weighted by atomic mass is 16.5. The molecule has 104 valence electrons. The van der Waals surface area contributed by atoms with Crippen LogP contribution in [0.5, 0.6) is 5.75 Å². The van der Waals surface area contributed by atoms with Crippen molar-refractivity contribution in [3.63, 3.8) is 0 Å². The summed E-state index contributed by atoms with van der Waals surface area (Å²) in [7, 11) is 0. The SMILES string of the molecule is CCNC1CC(C)Oc2c(-c3ccccc3)cccc21. The molecule has 2 nitrogen and oxygen atoms in total. The number of para-hydroxylation sites is 1. The fourth-order valence-electron chi connectivity index (χ4n) is 2.95. The molecule has 1 aliphatic rings. The predicted octanol–water partition coefficient (Wildman–Crippen LogP) is 4.18. The summed E-state index contributed by atoms with van der Waals surface area (Å²) in [4.78, 5) is 0. The van der Waals surface area contributed by atoms with Crippen molar-refractivity contribution < 1.29 is 4.74 Å². The summed E-state index contributed by atoms with van der Waals surface area (Å²) >= 11 is 0. The van der Waals surface area contributed by atoms with Gasteiger partial charge in [-0.3, -0.25) is 0 Å². The molecule has 2 unspecified atom stereocenters. The van der Waals surface area contributed by atoms with Crippen molar-refractivity contribution in [2.45, 2.75) is 32.4 Å². The predicted molar refractivity (Wildman–Crippen MR) is 83.0 cm³/mol. The Morgan fingerprint density at radius 1 is 1.10 bits per heavy atom. The van der Waals surface area contributed by atoms with Gasteiger partial charge in [-0.05, 0) is 19.0 Å². The Bertz CT molecular complexity index is 579. The first-order valence-electron chi connectivity index (χ1n) is 7.38. The third-order valence-corrected chi connectivity index (χ3v) is 3.84. The molecule has 0 aromatic heterocycles. The average Bonchev–Trinajstić information content (AvgIpc) is 2.48. The van der Waals surface area contributed by atoms with Crippen LogP contribution in [0.2, 0.25) is 0 Å². The Balaban J connectivity index is 2.08. The summed E-state index contributed by atoms with van der Waals surface area (Å²) in [6, 6.07) is 17.3. The van der Waals surface area contributed by atoms with Crippen molar-refractivity contribution in [3.05, 3.63) is 54.1 Å². The van der Waals surface area contributed by atoms with Crippen molar-refractivity contribution in [2.75, 3.05) is 6.54 Å². The second kappa shape index (κ2) is 5.68. The number of hydrogen-bond acceptors (Lipinski definition) is 2. The standard InChI is InChI=1S/C18H21NO/c1-3-19-17-12-13(2)20-18-15(10-7-11-16(17)18)14-8-5-4-6-9-14/h4-11,13,17,19H,3,12H2,1-2H3. The second-order valence-corrected chi connectivity index (χ2v) is 5.36. The molecule has 1 aliphatic heterocycles. The number of benzene rings is 2. The van der Waals surface area contributed by atoms with Crippen LogP contribution in [0.25, 0.3) is 11.1 Å². The van der Waals surface area contributed by atoms with Gasteiger partial charge < -0.3 is 10.1 Å². The van der Waals surface area contributed by atoms with E-state index in [1.54, 1.807) is 0 Å². The lowest BCUT2D eigenvalue weighted by Gasteiger charge is -2.32. The van der Waals surface area contributed by atoms with Crippen molar-refractivity contribution in [2.24, 2.45) is 0 Å². The van der Waals surface area contributed by atoms with Crippen LogP contribution in [-0.2, 0) is 0 Å². The zero-order valence-electron chi connectivity index (χ0n) is 12.1. The van der Waals surface area contributed by atoms with Gasteiger partial charge in [0, 0.05) is 23.6 Å². The van der Waals surface area contributed by atoms with Crippen molar-refractivity contribution in [1.29, 1.82) is 0 Å². The number of fused-ring (bicyclic) bond motifs is 1. The van der Waals surface area contributed by atoms with Crippen LogP contribution in [0.3, 0.4) is 0 Å². The van der Waals surface area contributed by atoms with E-state index in [9.17, 15) is 0 Å². The van der Waals surface area contributed by atoms with E-state index in [2.05, 4.69) is 61.6 Å². The van der Waals surface area contributed by atoms with Gasteiger partial charge in [-0.2, -0.15) is 0 Å². The topological polar surface area (TPSA) is 21.3 Å². The molecule has 0 fully saturated rings. The van der Waals surface area contributed by atoms with E-state index in [-0.39, 0.29) is 6.10 Å². The molecule has 2 aromatic carbocycles. The van der Waals surface area contributed by atoms with E-state index in [4.69, 9.17) is 4.74 Å². The summed E-state index contributed by atoms with van der Waals surface area (Å²) < 4.78 is 6.15. The largest absolute Gasteiger partial charge is 0.490 e. The molecule has 0 radical (unpaired) electrons. The van der Waals surface area contributed by atoms with Crippen LogP contribution in [-0.4, -0.2) is 12.6 Å². The Labute approximate surface area is 120 Å². The van der Waals surface area contributed by atoms with E-state index < -0.39 is 0 Å². The molecule has 3 rings (SSSR count). The normalized spacial score (nSPS) is 21.1. The van der Waals surface area contributed by atoms with Gasteiger partial charge in [-0.1, -0.05) is 55.5 Å². The summed E-state index contributed by atoms with van der Waals surface area (Å²) in [6.07, 6.45) is 1.27. The van der Waals surface area contributed by atoms with E-state index in [1.807, 2.05) is 6.07 Å². The molecule has 0 bridgehead atoms. The molecule has 1 heterocycles. The van der Waals surface area contributed by atoms with Gasteiger partial charge in [0.15, 0.2) is 0 Å². The molecule has 0 spiro atoms. The highest BCUT2D eigenvalue weighted by molar-refractivity contribution is 5.72. The number of hydrogen-bond donors (Lipinski definition) is 1. The van der Waals surface area contributed by atoms with Crippen molar-refractivity contribution in [3.8, 4) is 16.9 Å². The Morgan fingerprint density at radius 2 is 1.90 bits per heavy atom. The number of ether oxygens (including phenoxy) is 1. The lowest BCUT2D eigenvalue weighted by atomic mass is 9.92. The Morgan fingerprint density at radius 3 is 2.65 bits per heavy atom. The smallest absolute Gasteiger partial charge is 0.132 e. The minimum Gasteiger partial charge on any atom is -0.490 e. The molecule has 2 heteroatoms. The van der Waals surface area contributed by atoms with Gasteiger partial charge in [0.1, 0.15) is 5.75 Å². The quantitative estimate of drug-likeness (QED) is 0.901. The molecular formula is C18H21NO. The average molecular weight is 267 g/mol. The lowest BCUT2D eigenvalue weighted by molar-refractivity contribution is 0.168. The summed E-state index contributed by atoms with van der Waals surface area (Å²) in [5, 5.41) is 3.57. The highest BCUT2D eigenvalue weighted by Gasteiger charge is 2.27. The fraction of sp³-hybridized carbons (Fsp3) is 0.333. The molecule has 1 N–H and O–H groups in total. The molecule has 0 saturated heterocycles. The molecular weight excluding hydrogens is 246 g/mol. The van der Waals surface area contributed by atoms with Gasteiger partial charge in [0.05, 0.1) is 6.10 Å². The minimum absolute atomic E-state index is 0.247. The minimum atomic E-state index is 0.247. The summed E-state index contributed by atoms with van der Waals surface area (Å²) in [5.74, 6) is 1.04. The molecule has 0 amide bonds. The van der Waals surface area contributed by atoms with Gasteiger partial charge in [-0.15, -0.1) is 0 Å². The molecule has 2 aromatic rings. The van der Waals surface area contributed by atoms with E-state index in [0.29, 0.717) is 6.04 Å². The van der Waals surface area contributed by atoms with Crippen LogP contribution < -0.4 is 10.1 Å². The van der Waals surface area contributed by atoms with E-state index >= 15 is 0 Å². The zero-order chi connectivity index (χ0) is 13.9. The number of rotatable bonds is 3. The third-order valence-electron chi connectivity index (χ3n) is 3.84. The van der Waals surface area contributed by atoms with Crippen LogP contribution in [0, 0.1) is 0 Å². The first kappa shape index (κ1) is 13.2. The first-order chi connectivity index (χ1) is 9.79. The lowest BCUT2D eigenvalue weighted by Crippen LogP contribution is -2.31. The number of nitrogens with one attached hydrogen (secondary N) is 1. The fourth-order valence-corrected chi connectivity index (χ4v) is 2.95. The Kier molecular flexibility index (Phi) is 3.75. The van der Waals surface area contributed by atoms with Crippen LogP contribution >= 0.6 is 0 Å². The second-order valence-electron chi connectivity index (χ2n) is 5.36. The zero-order valence-corrected chi connectivity index (χ0v) is 12.1. The maximum Gasteiger partial charge on any atom is 0.132 e. The van der Waals surface area contributed by atoms with Crippen molar-refractivity contribution >= 4 is 0 Å².